The fraction of sp³-hybridized carbons (Fsp3) is 0.364. The van der Waals surface area contributed by atoms with E-state index >= 15 is 0 Å². The second-order valence-corrected chi connectivity index (χ2v) is 8.02. The molecule has 0 radical (unpaired) electrons. The van der Waals surface area contributed by atoms with Crippen molar-refractivity contribution in [2.45, 2.75) is 30.9 Å². The zero-order chi connectivity index (χ0) is 21.5. The van der Waals surface area contributed by atoms with E-state index in [1.807, 2.05) is 18.2 Å². The first-order valence-corrected chi connectivity index (χ1v) is 10.1. The summed E-state index contributed by atoms with van der Waals surface area (Å²) in [5.74, 6) is 0.108. The minimum absolute atomic E-state index is 0.0355. The Morgan fingerprint density at radius 3 is 2.73 bits per heavy atom. The van der Waals surface area contributed by atoms with Crippen LogP contribution < -0.4 is 10.5 Å². The van der Waals surface area contributed by atoms with Crippen LogP contribution in [0.15, 0.2) is 41.4 Å². The number of hydrogen-bond donors (Lipinski definition) is 1. The first kappa shape index (κ1) is 20.6. The quantitative estimate of drug-likeness (QED) is 0.732. The number of likely N-dealkylation sites (N-methyl/N-ethyl adjacent to an activating group) is 1. The number of nitrogens with zero attached hydrogens (tertiary/aromatic N) is 2. The van der Waals surface area contributed by atoms with Gasteiger partial charge in [-0.2, -0.15) is 0 Å². The number of guanidine groups is 1. The number of hydrogen-bond acceptors (Lipinski definition) is 5. The Balaban J connectivity index is 1.79. The third kappa shape index (κ3) is 3.42. The molecule has 6 nitrogen and oxygen atoms in total. The zero-order valence-electron chi connectivity index (χ0n) is 16.8. The second-order valence-electron chi connectivity index (χ2n) is 7.61. The molecule has 2 aliphatic rings. The number of aliphatic imine (C=N–C) groups is 1. The van der Waals surface area contributed by atoms with E-state index in [9.17, 15) is 9.18 Å². The van der Waals surface area contributed by atoms with Crippen LogP contribution in [0.25, 0.3) is 11.1 Å². The normalized spacial score (nSPS) is 22.8. The molecule has 2 N–H and O–H groups in total. The number of carbonyl (C=O) groups excluding carboxylic acids is 1. The summed E-state index contributed by atoms with van der Waals surface area (Å²) in [5.41, 5.74) is 7.06. The molecule has 2 aromatic carbocycles. The van der Waals surface area contributed by atoms with Crippen LogP contribution in [0, 0.1) is 5.82 Å². The van der Waals surface area contributed by atoms with Crippen molar-refractivity contribution in [1.82, 2.24) is 4.90 Å². The number of fused-ring (bicyclic) bond motifs is 2. The van der Waals surface area contributed by atoms with Gasteiger partial charge in [0.15, 0.2) is 11.5 Å². The predicted octanol–water partition coefficient (Wildman–Crippen LogP) is 3.71. The van der Waals surface area contributed by atoms with Crippen LogP contribution in [0.5, 0.6) is 5.75 Å². The van der Waals surface area contributed by atoms with Crippen molar-refractivity contribution < 1.29 is 18.7 Å². The lowest BCUT2D eigenvalue weighted by molar-refractivity contribution is -0.132. The number of rotatable bonds is 5. The summed E-state index contributed by atoms with van der Waals surface area (Å²) >= 11 is 5.96. The number of carbonyl (C=O) groups is 1. The molecule has 0 unspecified atom stereocenters. The smallest absolute Gasteiger partial charge is 0.261 e. The van der Waals surface area contributed by atoms with E-state index in [2.05, 4.69) is 4.99 Å². The van der Waals surface area contributed by atoms with E-state index < -0.39 is 11.4 Å². The van der Waals surface area contributed by atoms with E-state index in [1.165, 1.54) is 11.0 Å². The molecule has 0 aliphatic carbocycles. The van der Waals surface area contributed by atoms with Crippen LogP contribution in [-0.2, 0) is 15.1 Å². The summed E-state index contributed by atoms with van der Waals surface area (Å²) in [7, 11) is 3.27. The summed E-state index contributed by atoms with van der Waals surface area (Å²) in [4.78, 5) is 19.2. The molecule has 0 bridgehead atoms. The van der Waals surface area contributed by atoms with Crippen LogP contribution >= 0.6 is 11.6 Å². The topological polar surface area (TPSA) is 77.2 Å². The molecule has 8 heteroatoms. The van der Waals surface area contributed by atoms with Crippen molar-refractivity contribution in [2.75, 3.05) is 20.8 Å². The van der Waals surface area contributed by atoms with Crippen LogP contribution in [0.4, 0.5) is 4.39 Å². The summed E-state index contributed by atoms with van der Waals surface area (Å²) < 4.78 is 24.9. The molecule has 2 heterocycles. The average molecular weight is 432 g/mol. The molecule has 1 spiro atoms. The highest BCUT2D eigenvalue weighted by Gasteiger charge is 2.53. The van der Waals surface area contributed by atoms with Crippen LogP contribution in [0.1, 0.15) is 24.8 Å². The van der Waals surface area contributed by atoms with Gasteiger partial charge in [0.2, 0.25) is 0 Å². The van der Waals surface area contributed by atoms with Gasteiger partial charge < -0.3 is 15.2 Å². The number of nitrogens with two attached hydrogens (primary N) is 1. The second kappa shape index (κ2) is 7.89. The largest absolute Gasteiger partial charge is 0.490 e. The zero-order valence-corrected chi connectivity index (χ0v) is 17.6. The van der Waals surface area contributed by atoms with E-state index in [0.29, 0.717) is 24.3 Å². The summed E-state index contributed by atoms with van der Waals surface area (Å²) in [6.45, 7) is 0.614. The van der Waals surface area contributed by atoms with Gasteiger partial charge in [0, 0.05) is 32.7 Å². The fourth-order valence-corrected chi connectivity index (χ4v) is 4.28. The van der Waals surface area contributed by atoms with Crippen molar-refractivity contribution in [3.63, 3.8) is 0 Å². The molecule has 0 saturated carbocycles. The highest BCUT2D eigenvalue weighted by Crippen LogP contribution is 2.47. The Bertz CT molecular complexity index is 1030. The molecule has 2 atom stereocenters. The average Bonchev–Trinajstić information content (AvgIpc) is 2.94. The van der Waals surface area contributed by atoms with Gasteiger partial charge in [-0.05, 0) is 48.2 Å². The molecular formula is C22H23ClFN3O3. The van der Waals surface area contributed by atoms with Crippen molar-refractivity contribution in [3.8, 4) is 16.9 Å². The molecule has 1 amide bonds. The number of ether oxygens (including phenoxy) is 2. The van der Waals surface area contributed by atoms with Crippen molar-refractivity contribution in [3.05, 3.63) is 52.8 Å². The van der Waals surface area contributed by atoms with Gasteiger partial charge in [0.1, 0.15) is 17.7 Å². The Morgan fingerprint density at radius 2 is 2.07 bits per heavy atom. The fourth-order valence-electron chi connectivity index (χ4n) is 4.10. The Hall–Kier alpha value is -2.64. The molecule has 0 fully saturated rings. The van der Waals surface area contributed by atoms with Crippen molar-refractivity contribution in [2.24, 2.45) is 10.7 Å². The molecule has 0 aromatic heterocycles. The Labute approximate surface area is 179 Å². The maximum Gasteiger partial charge on any atom is 0.261 e. The van der Waals surface area contributed by atoms with Gasteiger partial charge in [-0.1, -0.05) is 23.7 Å². The molecule has 0 saturated heterocycles. The lowest BCUT2D eigenvalue weighted by atomic mass is 9.80. The summed E-state index contributed by atoms with van der Waals surface area (Å²) in [6, 6.07) is 10.1. The summed E-state index contributed by atoms with van der Waals surface area (Å²) in [6.07, 6.45) is 1.74. The monoisotopic (exact) mass is 431 g/mol. The van der Waals surface area contributed by atoms with Gasteiger partial charge in [-0.15, -0.1) is 0 Å². The SMILES string of the molecule is COCCC[C@@H]1C[C@]2(N=C(N)N(C)C2=O)c2cc(-c3ccc(F)c(Cl)c3)ccc2O1. The van der Waals surface area contributed by atoms with Gasteiger partial charge >= 0.3 is 0 Å². The lowest BCUT2D eigenvalue weighted by Gasteiger charge is -2.37. The number of methoxy groups -OCH3 is 1. The molecule has 2 aliphatic heterocycles. The van der Waals surface area contributed by atoms with E-state index in [4.69, 9.17) is 26.8 Å². The van der Waals surface area contributed by atoms with Crippen LogP contribution in [0.2, 0.25) is 5.02 Å². The summed E-state index contributed by atoms with van der Waals surface area (Å²) in [5, 5.41) is 0.0355. The van der Waals surface area contributed by atoms with E-state index in [-0.39, 0.29) is 23.0 Å². The number of halogens is 2. The molecule has 4 rings (SSSR count). The Morgan fingerprint density at radius 1 is 1.33 bits per heavy atom. The first-order chi connectivity index (χ1) is 14.4. The molecular weight excluding hydrogens is 409 g/mol. The maximum atomic E-state index is 13.6. The third-order valence-corrected chi connectivity index (χ3v) is 5.97. The highest BCUT2D eigenvalue weighted by molar-refractivity contribution is 6.31. The minimum atomic E-state index is -1.13. The van der Waals surface area contributed by atoms with Crippen LogP contribution in [0.3, 0.4) is 0 Å². The minimum Gasteiger partial charge on any atom is -0.490 e. The molecule has 2 aromatic rings. The Kier molecular flexibility index (Phi) is 5.42. The van der Waals surface area contributed by atoms with Gasteiger partial charge in [-0.3, -0.25) is 9.69 Å². The van der Waals surface area contributed by atoms with E-state index in [1.54, 1.807) is 26.3 Å². The van der Waals surface area contributed by atoms with E-state index in [0.717, 1.165) is 24.0 Å². The number of benzene rings is 2. The highest BCUT2D eigenvalue weighted by atomic mass is 35.5. The third-order valence-electron chi connectivity index (χ3n) is 5.68. The van der Waals surface area contributed by atoms with Crippen molar-refractivity contribution in [1.29, 1.82) is 0 Å². The van der Waals surface area contributed by atoms with Crippen LogP contribution in [-0.4, -0.2) is 43.6 Å². The van der Waals surface area contributed by atoms with Gasteiger partial charge in [-0.25, -0.2) is 9.38 Å². The standard InChI is InChI=1S/C22H23ClFN3O3/c1-27-20(28)22(26-21(27)25)12-15(4-3-9-29-2)30-19-8-6-13(10-16(19)22)14-5-7-18(24)17(23)11-14/h5-8,10-11,15H,3-4,9,12H2,1-2H3,(H2,25,26)/t15-,22+/m1/s1. The predicted molar refractivity (Wildman–Crippen MR) is 113 cm³/mol. The van der Waals surface area contributed by atoms with Gasteiger partial charge in [0.25, 0.3) is 5.91 Å². The van der Waals surface area contributed by atoms with Gasteiger partial charge in [0.05, 0.1) is 5.02 Å². The maximum absolute atomic E-state index is 13.6. The lowest BCUT2D eigenvalue weighted by Crippen LogP contribution is -2.45. The molecule has 158 valence electrons. The molecule has 30 heavy (non-hydrogen) atoms. The first-order valence-electron chi connectivity index (χ1n) is 9.75. The number of amides is 1. The van der Waals surface area contributed by atoms with Crippen molar-refractivity contribution >= 4 is 23.5 Å².